The highest BCUT2D eigenvalue weighted by Gasteiger charge is 2.23. The van der Waals surface area contributed by atoms with Crippen molar-refractivity contribution in [3.63, 3.8) is 0 Å². The molecule has 1 N–H and O–H groups in total. The van der Waals surface area contributed by atoms with E-state index in [2.05, 4.69) is 5.32 Å². The van der Waals surface area contributed by atoms with Crippen LogP contribution in [0.2, 0.25) is 5.02 Å². The number of ether oxygens (including phenoxy) is 1. The van der Waals surface area contributed by atoms with Gasteiger partial charge in [-0.1, -0.05) is 35.9 Å². The van der Waals surface area contributed by atoms with Crippen LogP contribution >= 0.6 is 11.6 Å². The summed E-state index contributed by atoms with van der Waals surface area (Å²) in [5.41, 5.74) is 2.26. The van der Waals surface area contributed by atoms with Crippen LogP contribution in [0.4, 0.5) is 0 Å². The first-order chi connectivity index (χ1) is 13.7. The van der Waals surface area contributed by atoms with E-state index >= 15 is 0 Å². The van der Waals surface area contributed by atoms with E-state index in [1.54, 1.807) is 0 Å². The summed E-state index contributed by atoms with van der Waals surface area (Å²) in [5.74, 6) is -1.27. The van der Waals surface area contributed by atoms with E-state index in [1.165, 1.54) is 31.3 Å². The van der Waals surface area contributed by atoms with Crippen LogP contribution in [-0.4, -0.2) is 51.3 Å². The monoisotopic (exact) mass is 438 g/mol. The third kappa shape index (κ3) is 6.85. The van der Waals surface area contributed by atoms with Gasteiger partial charge >= 0.3 is 5.97 Å². The average Bonchev–Trinajstić information content (AvgIpc) is 2.68. The standard InChI is InChI=1S/C20H23ClN2O5S/c1-15-5-3-4-6-16(15)11-12-22-19(24)14-28-20(25)13-23(2)29(26,27)18-9-7-17(21)8-10-18/h3-10H,11-14H2,1-2H3,(H,22,24). The molecular weight excluding hydrogens is 416 g/mol. The first-order valence-corrected chi connectivity index (χ1v) is 10.7. The quantitative estimate of drug-likeness (QED) is 0.606. The molecule has 2 rings (SSSR count). The molecule has 0 heterocycles. The molecule has 156 valence electrons. The van der Waals surface area contributed by atoms with Crippen molar-refractivity contribution in [3.05, 3.63) is 64.7 Å². The largest absolute Gasteiger partial charge is 0.455 e. The summed E-state index contributed by atoms with van der Waals surface area (Å²) < 4.78 is 30.6. The molecule has 0 unspecified atom stereocenters. The topological polar surface area (TPSA) is 92.8 Å². The first kappa shape index (κ1) is 22.9. The molecule has 0 radical (unpaired) electrons. The SMILES string of the molecule is Cc1ccccc1CCNC(=O)COC(=O)CN(C)S(=O)(=O)c1ccc(Cl)cc1. The van der Waals surface area contributed by atoms with E-state index in [4.69, 9.17) is 16.3 Å². The van der Waals surface area contributed by atoms with Crippen LogP contribution in [0, 0.1) is 6.92 Å². The van der Waals surface area contributed by atoms with Crippen molar-refractivity contribution in [1.29, 1.82) is 0 Å². The molecule has 29 heavy (non-hydrogen) atoms. The number of rotatable bonds is 9. The highest BCUT2D eigenvalue weighted by molar-refractivity contribution is 7.89. The normalized spacial score (nSPS) is 11.3. The van der Waals surface area contributed by atoms with Crippen molar-refractivity contribution in [2.24, 2.45) is 0 Å². The third-order valence-corrected chi connectivity index (χ3v) is 6.29. The van der Waals surface area contributed by atoms with Crippen LogP contribution in [0.1, 0.15) is 11.1 Å². The molecule has 0 fully saturated rings. The minimum atomic E-state index is -3.86. The number of carbonyl (C=O) groups excluding carboxylic acids is 2. The van der Waals surface area contributed by atoms with Crippen molar-refractivity contribution >= 4 is 33.5 Å². The van der Waals surface area contributed by atoms with Crippen molar-refractivity contribution in [3.8, 4) is 0 Å². The Morgan fingerprint density at radius 2 is 1.76 bits per heavy atom. The van der Waals surface area contributed by atoms with Crippen molar-refractivity contribution in [1.82, 2.24) is 9.62 Å². The van der Waals surface area contributed by atoms with Gasteiger partial charge in [0.2, 0.25) is 10.0 Å². The predicted molar refractivity (Wildman–Crippen MR) is 110 cm³/mol. The van der Waals surface area contributed by atoms with Gasteiger partial charge in [-0.25, -0.2) is 8.42 Å². The smallest absolute Gasteiger partial charge is 0.321 e. The lowest BCUT2D eigenvalue weighted by Crippen LogP contribution is -2.35. The molecule has 0 saturated heterocycles. The van der Waals surface area contributed by atoms with Gasteiger partial charge < -0.3 is 10.1 Å². The Kier molecular flexibility index (Phi) is 8.19. The number of nitrogens with zero attached hydrogens (tertiary/aromatic N) is 1. The average molecular weight is 439 g/mol. The number of hydrogen-bond donors (Lipinski definition) is 1. The molecule has 2 aromatic carbocycles. The van der Waals surface area contributed by atoms with Gasteiger partial charge in [-0.3, -0.25) is 9.59 Å². The molecule has 0 aliphatic heterocycles. The van der Waals surface area contributed by atoms with Crippen LogP contribution in [0.15, 0.2) is 53.4 Å². The zero-order valence-corrected chi connectivity index (χ0v) is 17.8. The number of sulfonamides is 1. The van der Waals surface area contributed by atoms with Gasteiger partial charge in [0.25, 0.3) is 5.91 Å². The minimum Gasteiger partial charge on any atom is -0.455 e. The Morgan fingerprint density at radius 3 is 2.41 bits per heavy atom. The summed E-state index contributed by atoms with van der Waals surface area (Å²) in [6.45, 7) is 1.42. The Labute approximate surface area is 175 Å². The van der Waals surface area contributed by atoms with Gasteiger partial charge in [-0.05, 0) is 48.7 Å². The van der Waals surface area contributed by atoms with Crippen LogP contribution in [0.5, 0.6) is 0 Å². The van der Waals surface area contributed by atoms with E-state index in [0.29, 0.717) is 18.0 Å². The zero-order valence-electron chi connectivity index (χ0n) is 16.2. The third-order valence-electron chi connectivity index (χ3n) is 4.22. The second-order valence-electron chi connectivity index (χ2n) is 6.40. The van der Waals surface area contributed by atoms with Gasteiger partial charge in [-0.15, -0.1) is 0 Å². The second kappa shape index (κ2) is 10.4. The molecule has 0 aliphatic carbocycles. The zero-order chi connectivity index (χ0) is 21.4. The van der Waals surface area contributed by atoms with Gasteiger partial charge in [0, 0.05) is 18.6 Å². The number of nitrogens with one attached hydrogen (secondary N) is 1. The highest BCUT2D eigenvalue weighted by atomic mass is 35.5. The lowest BCUT2D eigenvalue weighted by molar-refractivity contribution is -0.148. The maximum Gasteiger partial charge on any atom is 0.321 e. The Balaban J connectivity index is 1.76. The molecular formula is C20H23ClN2O5S. The number of aryl methyl sites for hydroxylation is 1. The Bertz CT molecular complexity index is 961. The molecule has 7 nitrogen and oxygen atoms in total. The molecule has 0 saturated carbocycles. The summed E-state index contributed by atoms with van der Waals surface area (Å²) in [5, 5.41) is 3.07. The molecule has 0 spiro atoms. The van der Waals surface area contributed by atoms with Crippen LogP contribution < -0.4 is 5.32 Å². The number of hydrogen-bond acceptors (Lipinski definition) is 5. The maximum atomic E-state index is 12.4. The van der Waals surface area contributed by atoms with E-state index in [-0.39, 0.29) is 4.90 Å². The second-order valence-corrected chi connectivity index (χ2v) is 8.88. The molecule has 2 aromatic rings. The summed E-state index contributed by atoms with van der Waals surface area (Å²) in [4.78, 5) is 23.7. The fraction of sp³-hybridized carbons (Fsp3) is 0.300. The molecule has 1 amide bonds. The van der Waals surface area contributed by atoms with E-state index in [0.717, 1.165) is 15.4 Å². The van der Waals surface area contributed by atoms with Crippen LogP contribution in [0.25, 0.3) is 0 Å². The van der Waals surface area contributed by atoms with Gasteiger partial charge in [-0.2, -0.15) is 4.31 Å². The van der Waals surface area contributed by atoms with E-state index < -0.39 is 35.1 Å². The molecule has 0 aromatic heterocycles. The van der Waals surface area contributed by atoms with Gasteiger partial charge in [0.15, 0.2) is 6.61 Å². The number of esters is 1. The number of halogens is 1. The number of amides is 1. The van der Waals surface area contributed by atoms with E-state index in [9.17, 15) is 18.0 Å². The van der Waals surface area contributed by atoms with Gasteiger partial charge in [0.05, 0.1) is 4.90 Å². The van der Waals surface area contributed by atoms with E-state index in [1.807, 2.05) is 31.2 Å². The molecule has 9 heteroatoms. The lowest BCUT2D eigenvalue weighted by atomic mass is 10.1. The van der Waals surface area contributed by atoms with Crippen LogP contribution in [0.3, 0.4) is 0 Å². The van der Waals surface area contributed by atoms with Crippen LogP contribution in [-0.2, 0) is 30.8 Å². The van der Waals surface area contributed by atoms with Gasteiger partial charge in [0.1, 0.15) is 6.54 Å². The summed E-state index contributed by atoms with van der Waals surface area (Å²) in [6.07, 6.45) is 0.661. The summed E-state index contributed by atoms with van der Waals surface area (Å²) in [6, 6.07) is 13.4. The lowest BCUT2D eigenvalue weighted by Gasteiger charge is -2.16. The fourth-order valence-corrected chi connectivity index (χ4v) is 3.76. The Morgan fingerprint density at radius 1 is 1.10 bits per heavy atom. The summed E-state index contributed by atoms with van der Waals surface area (Å²) in [7, 11) is -2.61. The van der Waals surface area contributed by atoms with Crippen molar-refractivity contribution in [2.75, 3.05) is 26.7 Å². The summed E-state index contributed by atoms with van der Waals surface area (Å²) >= 11 is 5.75. The van der Waals surface area contributed by atoms with Crippen molar-refractivity contribution in [2.45, 2.75) is 18.2 Å². The molecule has 0 atom stereocenters. The number of benzene rings is 2. The van der Waals surface area contributed by atoms with Crippen molar-refractivity contribution < 1.29 is 22.7 Å². The Hall–Kier alpha value is -2.42. The first-order valence-electron chi connectivity index (χ1n) is 8.89. The fourth-order valence-electron chi connectivity index (χ4n) is 2.52. The highest BCUT2D eigenvalue weighted by Crippen LogP contribution is 2.17. The maximum absolute atomic E-state index is 12.4. The number of likely N-dealkylation sites (N-methyl/N-ethyl adjacent to an activating group) is 1. The number of carbonyl (C=O) groups is 2. The molecule has 0 aliphatic rings. The predicted octanol–water partition coefficient (Wildman–Crippen LogP) is 2.17. The minimum absolute atomic E-state index is 0.00569. The molecule has 0 bridgehead atoms.